The van der Waals surface area contributed by atoms with Crippen molar-refractivity contribution < 1.29 is 27.2 Å². The molecule has 0 atom stereocenters. The maximum atomic E-state index is 12.6. The predicted molar refractivity (Wildman–Crippen MR) is 96.0 cm³/mol. The van der Waals surface area contributed by atoms with Crippen LogP contribution in [0.3, 0.4) is 0 Å². The van der Waals surface area contributed by atoms with Gasteiger partial charge >= 0.3 is 15.2 Å². The molecule has 0 bridgehead atoms. The Morgan fingerprint density at radius 2 is 1.08 bits per heavy atom. The van der Waals surface area contributed by atoms with Gasteiger partial charge in [-0.05, 0) is 0 Å². The number of hydrogen-bond acceptors (Lipinski definition) is 8. The van der Waals surface area contributed by atoms with Crippen LogP contribution >= 0.6 is 15.2 Å². The summed E-state index contributed by atoms with van der Waals surface area (Å²) in [5.41, 5.74) is 0.706. The zero-order chi connectivity index (χ0) is 19.1. The van der Waals surface area contributed by atoms with Crippen LogP contribution in [0.5, 0.6) is 0 Å². The molecule has 146 valence electrons. The molecular formula is C16H26N2O6P2. The molecule has 8 nitrogen and oxygen atoms in total. The average molecular weight is 404 g/mol. The second kappa shape index (κ2) is 7.08. The Labute approximate surface area is 154 Å². The molecule has 0 N–H and O–H groups in total. The number of aromatic nitrogens is 2. The summed E-state index contributed by atoms with van der Waals surface area (Å²) in [5, 5.41) is 0. The van der Waals surface area contributed by atoms with Crippen molar-refractivity contribution in [3.05, 3.63) is 23.8 Å². The van der Waals surface area contributed by atoms with Crippen LogP contribution in [0.4, 0.5) is 0 Å². The van der Waals surface area contributed by atoms with E-state index in [4.69, 9.17) is 18.1 Å². The molecule has 1 aromatic rings. The molecule has 0 amide bonds. The van der Waals surface area contributed by atoms with Gasteiger partial charge in [0.1, 0.15) is 0 Å². The zero-order valence-electron chi connectivity index (χ0n) is 15.6. The number of rotatable bonds is 4. The molecule has 1 aromatic heterocycles. The van der Waals surface area contributed by atoms with Gasteiger partial charge in [0.15, 0.2) is 0 Å². The molecule has 0 aromatic carbocycles. The molecule has 0 saturated carbocycles. The zero-order valence-corrected chi connectivity index (χ0v) is 17.4. The van der Waals surface area contributed by atoms with E-state index in [1.165, 1.54) is 12.4 Å². The monoisotopic (exact) mass is 404 g/mol. The van der Waals surface area contributed by atoms with E-state index >= 15 is 0 Å². The van der Waals surface area contributed by atoms with Crippen LogP contribution in [-0.2, 0) is 39.5 Å². The van der Waals surface area contributed by atoms with Gasteiger partial charge in [-0.25, -0.2) is 0 Å². The number of hydrogen-bond donors (Lipinski definition) is 0. The lowest BCUT2D eigenvalue weighted by molar-refractivity contribution is 0.0404. The lowest BCUT2D eigenvalue weighted by atomic mass is 9.97. The normalized spacial score (nSPS) is 26.3. The van der Waals surface area contributed by atoms with E-state index in [2.05, 4.69) is 9.97 Å². The quantitative estimate of drug-likeness (QED) is 0.695. The van der Waals surface area contributed by atoms with Crippen molar-refractivity contribution in [1.82, 2.24) is 9.97 Å². The van der Waals surface area contributed by atoms with Gasteiger partial charge in [-0.15, -0.1) is 0 Å². The van der Waals surface area contributed by atoms with Crippen LogP contribution in [0, 0.1) is 10.8 Å². The second-order valence-electron chi connectivity index (χ2n) is 8.46. The molecule has 2 fully saturated rings. The average Bonchev–Trinajstić information content (AvgIpc) is 2.56. The highest BCUT2D eigenvalue weighted by molar-refractivity contribution is 7.53. The first-order valence-corrected chi connectivity index (χ1v) is 12.0. The Morgan fingerprint density at radius 3 is 1.35 bits per heavy atom. The van der Waals surface area contributed by atoms with Crippen molar-refractivity contribution >= 4 is 15.2 Å². The molecule has 26 heavy (non-hydrogen) atoms. The largest absolute Gasteiger partial charge is 0.336 e. The SMILES string of the molecule is CC1(C)COP(=O)(Cc2cnc(CP3(=O)OCC(C)(C)CO3)cn2)OC1. The van der Waals surface area contributed by atoms with Crippen LogP contribution in [0.15, 0.2) is 12.4 Å². The standard InChI is InChI=1S/C16H26N2O6P2/c1-15(2)9-21-25(19,22-10-15)7-13-5-18-14(6-17-13)8-26(20)23-11-16(3,4)12-24-26/h5-6H,7-12H2,1-4H3. The Kier molecular flexibility index (Phi) is 5.48. The summed E-state index contributed by atoms with van der Waals surface area (Å²) in [7, 11) is -6.40. The van der Waals surface area contributed by atoms with E-state index in [0.717, 1.165) is 0 Å². The molecule has 3 rings (SSSR count). The highest BCUT2D eigenvalue weighted by atomic mass is 31.2. The molecule has 2 saturated heterocycles. The Bertz CT molecular complexity index is 659. The lowest BCUT2D eigenvalue weighted by Gasteiger charge is -2.34. The van der Waals surface area contributed by atoms with Crippen molar-refractivity contribution in [2.24, 2.45) is 10.8 Å². The third-order valence-corrected chi connectivity index (χ3v) is 7.59. The van der Waals surface area contributed by atoms with Gasteiger partial charge in [-0.3, -0.25) is 19.1 Å². The van der Waals surface area contributed by atoms with Gasteiger partial charge in [0.2, 0.25) is 0 Å². The summed E-state index contributed by atoms with van der Waals surface area (Å²) in [5.74, 6) is 0. The van der Waals surface area contributed by atoms with Gasteiger partial charge in [0.05, 0.1) is 50.1 Å². The van der Waals surface area contributed by atoms with Crippen molar-refractivity contribution in [2.75, 3.05) is 26.4 Å². The van der Waals surface area contributed by atoms with Crippen LogP contribution in [0.2, 0.25) is 0 Å². The summed E-state index contributed by atoms with van der Waals surface area (Å²) < 4.78 is 47.0. The van der Waals surface area contributed by atoms with E-state index in [1.54, 1.807) is 0 Å². The van der Waals surface area contributed by atoms with Crippen LogP contribution in [0.1, 0.15) is 39.1 Å². The van der Waals surface area contributed by atoms with Crippen LogP contribution in [0.25, 0.3) is 0 Å². The minimum atomic E-state index is -3.20. The summed E-state index contributed by atoms with van der Waals surface area (Å²) in [6.45, 7) is 9.47. The Hall–Kier alpha value is -0.620. The fraction of sp³-hybridized carbons (Fsp3) is 0.750. The maximum absolute atomic E-state index is 12.6. The van der Waals surface area contributed by atoms with Crippen molar-refractivity contribution in [3.8, 4) is 0 Å². The third-order valence-electron chi connectivity index (χ3n) is 4.08. The Morgan fingerprint density at radius 1 is 0.769 bits per heavy atom. The highest BCUT2D eigenvalue weighted by Gasteiger charge is 2.38. The minimum Gasteiger partial charge on any atom is -0.308 e. The summed E-state index contributed by atoms with van der Waals surface area (Å²) in [4.78, 5) is 8.51. The predicted octanol–water partition coefficient (Wildman–Crippen LogP) is 4.01. The van der Waals surface area contributed by atoms with Gasteiger partial charge in [0, 0.05) is 23.2 Å². The first-order valence-electron chi connectivity index (χ1n) is 8.54. The van der Waals surface area contributed by atoms with E-state index in [-0.39, 0.29) is 23.2 Å². The van der Waals surface area contributed by atoms with Gasteiger partial charge in [0.25, 0.3) is 0 Å². The van der Waals surface area contributed by atoms with Crippen molar-refractivity contribution in [2.45, 2.75) is 40.0 Å². The molecule has 10 heteroatoms. The summed E-state index contributed by atoms with van der Waals surface area (Å²) in [6, 6.07) is 0. The molecule has 2 aliphatic rings. The highest BCUT2D eigenvalue weighted by Crippen LogP contribution is 2.57. The first kappa shape index (κ1) is 20.1. The molecule has 2 aliphatic heterocycles. The van der Waals surface area contributed by atoms with Gasteiger partial charge in [-0.1, -0.05) is 27.7 Å². The summed E-state index contributed by atoms with van der Waals surface area (Å²) in [6.07, 6.45) is 3.13. The van der Waals surface area contributed by atoms with E-state index < -0.39 is 15.2 Å². The fourth-order valence-electron chi connectivity index (χ4n) is 2.37. The second-order valence-corrected chi connectivity index (χ2v) is 12.6. The Balaban J connectivity index is 1.59. The molecule has 0 unspecified atom stereocenters. The molecule has 0 radical (unpaired) electrons. The first-order chi connectivity index (χ1) is 12.0. The van der Waals surface area contributed by atoms with Crippen molar-refractivity contribution in [1.29, 1.82) is 0 Å². The summed E-state index contributed by atoms with van der Waals surface area (Å²) >= 11 is 0. The molecule has 3 heterocycles. The number of nitrogens with zero attached hydrogens (tertiary/aromatic N) is 2. The smallest absolute Gasteiger partial charge is 0.308 e. The lowest BCUT2D eigenvalue weighted by Crippen LogP contribution is -2.30. The van der Waals surface area contributed by atoms with Crippen LogP contribution in [-0.4, -0.2) is 36.4 Å². The topological polar surface area (TPSA) is 96.8 Å². The van der Waals surface area contributed by atoms with E-state index in [0.29, 0.717) is 37.8 Å². The minimum absolute atomic E-state index is 0.0647. The molecule has 0 aliphatic carbocycles. The maximum Gasteiger partial charge on any atom is 0.336 e. The van der Waals surface area contributed by atoms with Crippen molar-refractivity contribution in [3.63, 3.8) is 0 Å². The third kappa shape index (κ3) is 5.22. The van der Waals surface area contributed by atoms with Gasteiger partial charge < -0.3 is 18.1 Å². The fourth-order valence-corrected chi connectivity index (χ4v) is 6.19. The van der Waals surface area contributed by atoms with Gasteiger partial charge in [-0.2, -0.15) is 0 Å². The molecule has 0 spiro atoms. The van der Waals surface area contributed by atoms with Crippen LogP contribution < -0.4 is 0 Å². The molecular weight excluding hydrogens is 378 g/mol. The van der Waals surface area contributed by atoms with E-state index in [9.17, 15) is 9.13 Å². The van der Waals surface area contributed by atoms with E-state index in [1.807, 2.05) is 27.7 Å².